The highest BCUT2D eigenvalue weighted by Crippen LogP contribution is 2.14. The molecule has 1 heterocycles. The van der Waals surface area contributed by atoms with Crippen LogP contribution in [-0.4, -0.2) is 15.9 Å². The van der Waals surface area contributed by atoms with Gasteiger partial charge in [-0.05, 0) is 30.0 Å². The van der Waals surface area contributed by atoms with Crippen LogP contribution in [0.25, 0.3) is 0 Å². The maximum atomic E-state index is 11.9. The minimum absolute atomic E-state index is 0.241. The summed E-state index contributed by atoms with van der Waals surface area (Å²) in [5.41, 5.74) is 2.32. The van der Waals surface area contributed by atoms with Crippen molar-refractivity contribution < 1.29 is 4.79 Å². The lowest BCUT2D eigenvalue weighted by atomic mass is 10.0. The van der Waals surface area contributed by atoms with Crippen molar-refractivity contribution in [3.63, 3.8) is 0 Å². The smallest absolute Gasteiger partial charge is 0.275 e. The normalized spacial score (nSPS) is 10.5. The van der Waals surface area contributed by atoms with Gasteiger partial charge < -0.3 is 5.32 Å². The Morgan fingerprint density at radius 2 is 2.16 bits per heavy atom. The van der Waals surface area contributed by atoms with E-state index in [2.05, 4.69) is 35.2 Å². The summed E-state index contributed by atoms with van der Waals surface area (Å²) in [5, 5.41) is 2.83. The summed E-state index contributed by atoms with van der Waals surface area (Å²) < 4.78 is 0. The van der Waals surface area contributed by atoms with E-state index in [0.717, 1.165) is 12.1 Å². The highest BCUT2D eigenvalue weighted by Gasteiger charge is 2.07. The van der Waals surface area contributed by atoms with Crippen LogP contribution in [0.1, 0.15) is 29.9 Å². The lowest BCUT2D eigenvalue weighted by Gasteiger charge is -2.08. The molecule has 98 valence electrons. The molecule has 0 aliphatic heterocycles. The van der Waals surface area contributed by atoms with Gasteiger partial charge in [-0.15, -0.1) is 0 Å². The fraction of sp³-hybridized carbons (Fsp3) is 0.267. The Labute approximate surface area is 112 Å². The molecule has 0 saturated heterocycles. The maximum absolute atomic E-state index is 11.9. The van der Waals surface area contributed by atoms with E-state index in [1.807, 2.05) is 18.2 Å². The lowest BCUT2D eigenvalue weighted by Crippen LogP contribution is -2.13. The second-order valence-electron chi connectivity index (χ2n) is 4.84. The SMILES string of the molecule is CC(C)Cc1cccc(NC(=O)c2cnccn2)c1. The third kappa shape index (κ3) is 3.88. The molecule has 0 spiro atoms. The van der Waals surface area contributed by atoms with Gasteiger partial charge in [-0.1, -0.05) is 26.0 Å². The number of aromatic nitrogens is 2. The van der Waals surface area contributed by atoms with Crippen molar-refractivity contribution in [2.45, 2.75) is 20.3 Å². The van der Waals surface area contributed by atoms with E-state index in [-0.39, 0.29) is 5.91 Å². The fourth-order valence-electron chi connectivity index (χ4n) is 1.86. The summed E-state index contributed by atoms with van der Waals surface area (Å²) >= 11 is 0. The van der Waals surface area contributed by atoms with E-state index >= 15 is 0 Å². The van der Waals surface area contributed by atoms with Gasteiger partial charge in [0.05, 0.1) is 6.20 Å². The Morgan fingerprint density at radius 1 is 1.32 bits per heavy atom. The van der Waals surface area contributed by atoms with E-state index in [9.17, 15) is 4.79 Å². The summed E-state index contributed by atoms with van der Waals surface area (Å²) in [5.74, 6) is 0.348. The van der Waals surface area contributed by atoms with E-state index in [0.29, 0.717) is 11.6 Å². The van der Waals surface area contributed by atoms with Crippen LogP contribution in [0.2, 0.25) is 0 Å². The van der Waals surface area contributed by atoms with Gasteiger partial charge in [0, 0.05) is 18.1 Å². The second-order valence-corrected chi connectivity index (χ2v) is 4.84. The lowest BCUT2D eigenvalue weighted by molar-refractivity contribution is 0.102. The Balaban J connectivity index is 2.09. The molecule has 4 nitrogen and oxygen atoms in total. The van der Waals surface area contributed by atoms with Crippen LogP contribution in [0.3, 0.4) is 0 Å². The number of carbonyl (C=O) groups excluding carboxylic acids is 1. The number of amides is 1. The van der Waals surface area contributed by atoms with Crippen LogP contribution in [-0.2, 0) is 6.42 Å². The molecule has 0 aliphatic rings. The number of anilines is 1. The van der Waals surface area contributed by atoms with Crippen molar-refractivity contribution >= 4 is 11.6 Å². The Kier molecular flexibility index (Phi) is 4.23. The van der Waals surface area contributed by atoms with Crippen molar-refractivity contribution in [3.05, 3.63) is 54.1 Å². The molecule has 1 amide bonds. The van der Waals surface area contributed by atoms with Gasteiger partial charge in [-0.2, -0.15) is 0 Å². The second kappa shape index (κ2) is 6.09. The minimum atomic E-state index is -0.241. The summed E-state index contributed by atoms with van der Waals surface area (Å²) in [4.78, 5) is 19.8. The summed E-state index contributed by atoms with van der Waals surface area (Å²) in [6.45, 7) is 4.34. The van der Waals surface area contributed by atoms with Crippen LogP contribution >= 0.6 is 0 Å². The van der Waals surface area contributed by atoms with Crippen LogP contribution < -0.4 is 5.32 Å². The zero-order valence-electron chi connectivity index (χ0n) is 11.1. The molecule has 0 fully saturated rings. The van der Waals surface area contributed by atoms with Gasteiger partial charge in [0.2, 0.25) is 0 Å². The summed E-state index contributed by atoms with van der Waals surface area (Å²) in [6, 6.07) is 7.88. The molecule has 0 bridgehead atoms. The topological polar surface area (TPSA) is 54.9 Å². The van der Waals surface area contributed by atoms with E-state index in [1.54, 1.807) is 6.20 Å². The first-order valence-corrected chi connectivity index (χ1v) is 6.31. The van der Waals surface area contributed by atoms with Crippen molar-refractivity contribution in [1.29, 1.82) is 0 Å². The molecule has 2 rings (SSSR count). The number of carbonyl (C=O) groups is 1. The molecule has 1 aromatic carbocycles. The van der Waals surface area contributed by atoms with Crippen molar-refractivity contribution in [2.75, 3.05) is 5.32 Å². The number of nitrogens with one attached hydrogen (secondary N) is 1. The fourth-order valence-corrected chi connectivity index (χ4v) is 1.86. The van der Waals surface area contributed by atoms with E-state index < -0.39 is 0 Å². The largest absolute Gasteiger partial charge is 0.321 e. The highest BCUT2D eigenvalue weighted by molar-refractivity contribution is 6.02. The predicted molar refractivity (Wildman–Crippen MR) is 75.0 cm³/mol. The molecular weight excluding hydrogens is 238 g/mol. The quantitative estimate of drug-likeness (QED) is 0.913. The van der Waals surface area contributed by atoms with Crippen LogP contribution in [0.4, 0.5) is 5.69 Å². The average Bonchev–Trinajstić information content (AvgIpc) is 2.39. The molecule has 0 unspecified atom stereocenters. The number of nitrogens with zero attached hydrogens (tertiary/aromatic N) is 2. The van der Waals surface area contributed by atoms with Crippen molar-refractivity contribution in [1.82, 2.24) is 9.97 Å². The third-order valence-electron chi connectivity index (χ3n) is 2.62. The molecule has 2 aromatic rings. The van der Waals surface area contributed by atoms with Crippen LogP contribution in [0, 0.1) is 5.92 Å². The number of hydrogen-bond acceptors (Lipinski definition) is 3. The Hall–Kier alpha value is -2.23. The van der Waals surface area contributed by atoms with Gasteiger partial charge in [0.1, 0.15) is 5.69 Å². The van der Waals surface area contributed by atoms with E-state index in [4.69, 9.17) is 0 Å². The van der Waals surface area contributed by atoms with Crippen molar-refractivity contribution in [2.24, 2.45) is 5.92 Å². The standard InChI is InChI=1S/C15H17N3O/c1-11(2)8-12-4-3-5-13(9-12)18-15(19)14-10-16-6-7-17-14/h3-7,9-11H,8H2,1-2H3,(H,18,19). The first kappa shape index (κ1) is 13.2. The molecule has 0 radical (unpaired) electrons. The molecule has 4 heteroatoms. The van der Waals surface area contributed by atoms with Gasteiger partial charge in [-0.25, -0.2) is 4.98 Å². The first-order chi connectivity index (χ1) is 9.15. The van der Waals surface area contributed by atoms with E-state index in [1.165, 1.54) is 18.0 Å². The van der Waals surface area contributed by atoms with Gasteiger partial charge >= 0.3 is 0 Å². The highest BCUT2D eigenvalue weighted by atomic mass is 16.1. The number of benzene rings is 1. The zero-order chi connectivity index (χ0) is 13.7. The monoisotopic (exact) mass is 255 g/mol. The van der Waals surface area contributed by atoms with Crippen molar-refractivity contribution in [3.8, 4) is 0 Å². The molecular formula is C15H17N3O. The molecule has 1 N–H and O–H groups in total. The molecule has 1 aromatic heterocycles. The van der Waals surface area contributed by atoms with Gasteiger partial charge in [-0.3, -0.25) is 9.78 Å². The summed E-state index contributed by atoms with van der Waals surface area (Å²) in [6.07, 6.45) is 5.49. The van der Waals surface area contributed by atoms with Gasteiger partial charge in [0.15, 0.2) is 0 Å². The maximum Gasteiger partial charge on any atom is 0.275 e. The predicted octanol–water partition coefficient (Wildman–Crippen LogP) is 2.93. The van der Waals surface area contributed by atoms with Crippen LogP contribution in [0.15, 0.2) is 42.9 Å². The minimum Gasteiger partial charge on any atom is -0.321 e. The molecule has 0 aliphatic carbocycles. The Morgan fingerprint density at radius 3 is 2.84 bits per heavy atom. The number of rotatable bonds is 4. The van der Waals surface area contributed by atoms with Crippen LogP contribution in [0.5, 0.6) is 0 Å². The number of hydrogen-bond donors (Lipinski definition) is 1. The average molecular weight is 255 g/mol. The first-order valence-electron chi connectivity index (χ1n) is 6.31. The zero-order valence-corrected chi connectivity index (χ0v) is 11.1. The third-order valence-corrected chi connectivity index (χ3v) is 2.62. The van der Waals surface area contributed by atoms with Gasteiger partial charge in [0.25, 0.3) is 5.91 Å². The summed E-state index contributed by atoms with van der Waals surface area (Å²) in [7, 11) is 0. The molecule has 0 atom stereocenters. The Bertz CT molecular complexity index is 552. The molecule has 19 heavy (non-hydrogen) atoms. The molecule has 0 saturated carbocycles.